The van der Waals surface area contributed by atoms with Gasteiger partial charge < -0.3 is 28.1 Å². The van der Waals surface area contributed by atoms with Gasteiger partial charge in [0.25, 0.3) is 0 Å². The Morgan fingerprint density at radius 2 is 0.703 bits per heavy atom. The zero-order valence-electron chi connectivity index (χ0n) is 40.1. The predicted molar refractivity (Wildman–Crippen MR) is 257 cm³/mol. The highest BCUT2D eigenvalue weighted by Crippen LogP contribution is 2.38. The fraction of sp³-hybridized carbons (Fsp3) is 0.745. The molecule has 2 rings (SSSR count). The molecule has 368 valence electrons. The lowest BCUT2D eigenvalue weighted by molar-refractivity contribution is -0.119. The standard InChI is InChI=1S/C51H86O11S2/c1-5-7-9-11-13-15-17-19-21-23-25-27-29-31-37-61-46-35-33-43(39-48(46)59-3)50(63(53,54)55)41-45(52)42-51(64(56,57)58)44-34-36-47(49(40-44)60-4)62-38-32-30-28-26-24-22-20-18-16-14-12-10-8-6-2/h33-36,39-40,50-51H,5-32,37-38,41-42H2,1-4H3,(H,53,54,55)(H,56,57,58)/p-2. The fourth-order valence-corrected chi connectivity index (χ4v) is 9.97. The van der Waals surface area contributed by atoms with E-state index in [9.17, 15) is 30.7 Å². The molecule has 2 aromatic rings. The van der Waals surface area contributed by atoms with Gasteiger partial charge in [0.05, 0.1) is 37.9 Å². The van der Waals surface area contributed by atoms with Gasteiger partial charge in [-0.05, 0) is 48.2 Å². The molecule has 0 radical (unpaired) electrons. The lowest BCUT2D eigenvalue weighted by Crippen LogP contribution is -2.21. The summed E-state index contributed by atoms with van der Waals surface area (Å²) >= 11 is 0. The van der Waals surface area contributed by atoms with Crippen molar-refractivity contribution in [3.8, 4) is 23.0 Å². The van der Waals surface area contributed by atoms with E-state index in [-0.39, 0.29) is 22.6 Å². The Bertz CT molecular complexity index is 1620. The van der Waals surface area contributed by atoms with Crippen LogP contribution in [0.15, 0.2) is 36.4 Å². The average Bonchev–Trinajstić information content (AvgIpc) is 3.26. The number of hydrogen-bond donors (Lipinski definition) is 0. The number of ether oxygens (including phenoxy) is 4. The first-order valence-corrected chi connectivity index (χ1v) is 27.8. The van der Waals surface area contributed by atoms with Gasteiger partial charge in [0, 0.05) is 12.8 Å². The molecule has 0 saturated heterocycles. The van der Waals surface area contributed by atoms with Gasteiger partial charge in [-0.15, -0.1) is 0 Å². The number of benzene rings is 2. The molecule has 11 nitrogen and oxygen atoms in total. The maximum absolute atomic E-state index is 13.4. The van der Waals surface area contributed by atoms with Crippen molar-refractivity contribution in [3.63, 3.8) is 0 Å². The molecule has 0 amide bonds. The minimum atomic E-state index is -5.10. The average molecular weight is 937 g/mol. The number of rotatable bonds is 42. The predicted octanol–water partition coefficient (Wildman–Crippen LogP) is 13.6. The van der Waals surface area contributed by atoms with Gasteiger partial charge in [0.1, 0.15) is 26.0 Å². The Morgan fingerprint density at radius 3 is 0.953 bits per heavy atom. The van der Waals surface area contributed by atoms with E-state index >= 15 is 0 Å². The second-order valence-electron chi connectivity index (χ2n) is 17.6. The number of unbranched alkanes of at least 4 members (excludes halogenated alkanes) is 26. The molecular formula is C51H84O11S2-2. The van der Waals surface area contributed by atoms with Crippen molar-refractivity contribution in [3.05, 3.63) is 47.5 Å². The van der Waals surface area contributed by atoms with Crippen molar-refractivity contribution in [2.45, 2.75) is 217 Å². The summed E-state index contributed by atoms with van der Waals surface area (Å²) in [6, 6.07) is 8.47. The Labute approximate surface area is 389 Å². The summed E-state index contributed by atoms with van der Waals surface area (Å²) in [5, 5.41) is -3.69. The number of methoxy groups -OCH3 is 2. The number of carbonyl (C=O) groups is 1. The van der Waals surface area contributed by atoms with Gasteiger partial charge in [-0.25, -0.2) is 16.8 Å². The molecule has 0 heterocycles. The summed E-state index contributed by atoms with van der Waals surface area (Å²) < 4.78 is 97.8. The summed E-state index contributed by atoms with van der Waals surface area (Å²) in [7, 11) is -7.43. The van der Waals surface area contributed by atoms with Crippen molar-refractivity contribution in [1.82, 2.24) is 0 Å². The third-order valence-electron chi connectivity index (χ3n) is 12.2. The highest BCUT2D eigenvalue weighted by atomic mass is 32.2. The maximum Gasteiger partial charge on any atom is 0.161 e. The molecule has 2 atom stereocenters. The van der Waals surface area contributed by atoms with Gasteiger partial charge >= 0.3 is 0 Å². The monoisotopic (exact) mass is 937 g/mol. The molecule has 0 aliphatic rings. The van der Waals surface area contributed by atoms with E-state index in [1.807, 2.05) is 0 Å². The number of carbonyl (C=O) groups excluding carboxylic acids is 1. The third kappa shape index (κ3) is 25.2. The summed E-state index contributed by atoms with van der Waals surface area (Å²) in [4.78, 5) is 13.4. The topological polar surface area (TPSA) is 168 Å². The zero-order chi connectivity index (χ0) is 46.9. The van der Waals surface area contributed by atoms with Crippen LogP contribution in [0.2, 0.25) is 0 Å². The Hall–Kier alpha value is -2.87. The Kier molecular flexibility index (Phi) is 30.8. The van der Waals surface area contributed by atoms with Crippen molar-refractivity contribution >= 4 is 26.0 Å². The highest BCUT2D eigenvalue weighted by Gasteiger charge is 2.29. The summed E-state index contributed by atoms with van der Waals surface area (Å²) in [5.41, 5.74) is -0.0138. The first-order chi connectivity index (χ1) is 30.8. The van der Waals surface area contributed by atoms with Crippen LogP contribution < -0.4 is 18.9 Å². The van der Waals surface area contributed by atoms with Gasteiger partial charge in [0.15, 0.2) is 23.0 Å². The SMILES string of the molecule is CCCCCCCCCCCCCCCCOc1ccc(C(CC(=O)CC(c2ccc(OCCCCCCCCCCCCCCCC)c(OC)c2)S(=O)(=O)[O-])S(=O)(=O)[O-])cc1OC. The first kappa shape index (κ1) is 57.3. The minimum absolute atomic E-state index is 0.00690. The molecule has 0 fully saturated rings. The Balaban J connectivity index is 1.85. The van der Waals surface area contributed by atoms with E-state index in [1.165, 1.54) is 192 Å². The van der Waals surface area contributed by atoms with Crippen LogP contribution >= 0.6 is 0 Å². The quantitative estimate of drug-likeness (QED) is 0.0459. The number of Topliss-reactive ketones (excluding diaryl/α,β-unsaturated/α-hetero) is 1. The molecular weight excluding hydrogens is 853 g/mol. The molecule has 2 unspecified atom stereocenters. The molecule has 0 aliphatic carbocycles. The van der Waals surface area contributed by atoms with Crippen LogP contribution in [0, 0.1) is 0 Å². The van der Waals surface area contributed by atoms with Gasteiger partial charge in [0.2, 0.25) is 0 Å². The molecule has 0 N–H and O–H groups in total. The third-order valence-corrected chi connectivity index (χ3v) is 14.4. The van der Waals surface area contributed by atoms with Crippen molar-refractivity contribution in [1.29, 1.82) is 0 Å². The molecule has 0 bridgehead atoms. The van der Waals surface area contributed by atoms with Crippen molar-refractivity contribution < 1.29 is 49.7 Å². The van der Waals surface area contributed by atoms with E-state index in [1.54, 1.807) is 0 Å². The molecule has 64 heavy (non-hydrogen) atoms. The largest absolute Gasteiger partial charge is 0.747 e. The van der Waals surface area contributed by atoms with Crippen LogP contribution in [-0.2, 0) is 25.0 Å². The molecule has 0 spiro atoms. The normalized spacial score (nSPS) is 12.8. The molecule has 13 heteroatoms. The summed E-state index contributed by atoms with van der Waals surface area (Å²) in [6.45, 7) is 5.35. The number of ketones is 1. The highest BCUT2D eigenvalue weighted by molar-refractivity contribution is 7.86. The molecule has 0 saturated carbocycles. The zero-order valence-corrected chi connectivity index (χ0v) is 41.7. The van der Waals surface area contributed by atoms with Crippen LogP contribution in [0.4, 0.5) is 0 Å². The van der Waals surface area contributed by atoms with E-state index in [2.05, 4.69) is 13.8 Å². The molecule has 0 aliphatic heterocycles. The van der Waals surface area contributed by atoms with Gasteiger partial charge in [-0.1, -0.05) is 193 Å². The van der Waals surface area contributed by atoms with E-state index in [0.717, 1.165) is 38.5 Å². The van der Waals surface area contributed by atoms with Gasteiger partial charge in [-0.3, -0.25) is 4.79 Å². The lowest BCUT2D eigenvalue weighted by Gasteiger charge is -2.24. The van der Waals surface area contributed by atoms with Crippen LogP contribution in [0.1, 0.15) is 228 Å². The summed E-state index contributed by atoms with van der Waals surface area (Å²) in [5.74, 6) is 0.245. The molecule has 2 aromatic carbocycles. The second-order valence-corrected chi connectivity index (χ2v) is 20.7. The van der Waals surface area contributed by atoms with Crippen molar-refractivity contribution in [2.24, 2.45) is 0 Å². The van der Waals surface area contributed by atoms with Gasteiger partial charge in [-0.2, -0.15) is 0 Å². The smallest absolute Gasteiger partial charge is 0.161 e. The van der Waals surface area contributed by atoms with Crippen molar-refractivity contribution in [2.75, 3.05) is 27.4 Å². The Morgan fingerprint density at radius 1 is 0.438 bits per heavy atom. The van der Waals surface area contributed by atoms with Crippen LogP contribution in [0.3, 0.4) is 0 Å². The molecule has 0 aromatic heterocycles. The minimum Gasteiger partial charge on any atom is -0.747 e. The van der Waals surface area contributed by atoms with Crippen LogP contribution in [0.5, 0.6) is 23.0 Å². The van der Waals surface area contributed by atoms with Crippen LogP contribution in [-0.4, -0.2) is 59.2 Å². The lowest BCUT2D eigenvalue weighted by atomic mass is 10.0. The second kappa shape index (κ2) is 34.4. The fourth-order valence-electron chi connectivity index (χ4n) is 8.23. The maximum atomic E-state index is 13.4. The van der Waals surface area contributed by atoms with Crippen LogP contribution in [0.25, 0.3) is 0 Å². The number of hydrogen-bond acceptors (Lipinski definition) is 11. The first-order valence-electron chi connectivity index (χ1n) is 24.9. The van der Waals surface area contributed by atoms with E-state index in [4.69, 9.17) is 18.9 Å². The van der Waals surface area contributed by atoms with E-state index < -0.39 is 49.4 Å². The summed E-state index contributed by atoms with van der Waals surface area (Å²) in [6.07, 6.45) is 33.0. The van der Waals surface area contributed by atoms with E-state index in [0.29, 0.717) is 24.7 Å².